The van der Waals surface area contributed by atoms with Crippen LogP contribution in [0.5, 0.6) is 23.0 Å². The van der Waals surface area contributed by atoms with Crippen molar-refractivity contribution in [3.8, 4) is 23.0 Å². The van der Waals surface area contributed by atoms with E-state index < -0.39 is 45.1 Å². The van der Waals surface area contributed by atoms with Gasteiger partial charge >= 0.3 is 33.3 Å². The van der Waals surface area contributed by atoms with Crippen LogP contribution in [0.15, 0.2) is 413 Å². The van der Waals surface area contributed by atoms with Gasteiger partial charge < -0.3 is 17.7 Å². The topological polar surface area (TPSA) is 36.9 Å². The minimum Gasteiger partial charge on any atom is -0.528 e. The van der Waals surface area contributed by atoms with Gasteiger partial charge in [0.05, 0.1) is 40.2 Å². The van der Waals surface area contributed by atoms with Crippen LogP contribution in [-0.2, 0) is 0 Å². The summed E-state index contributed by atoms with van der Waals surface area (Å²) in [4.78, 5) is 0. The summed E-state index contributed by atoms with van der Waals surface area (Å²) in [7, 11) is -14.3. The Bertz CT molecular complexity index is 4760. The largest absolute Gasteiger partial charge is 0.528 e. The van der Waals surface area contributed by atoms with Crippen molar-refractivity contribution in [2.24, 2.45) is 0 Å². The number of benzene rings is 16. The van der Waals surface area contributed by atoms with E-state index in [0.29, 0.717) is 22.3 Å². The van der Waals surface area contributed by atoms with E-state index in [1.165, 1.54) is 0 Å². The molecule has 0 radical (unpaired) electrons. The van der Waals surface area contributed by atoms with Crippen molar-refractivity contribution in [2.45, 2.75) is 11.8 Å². The van der Waals surface area contributed by atoms with Crippen LogP contribution < -0.4 is 79.9 Å². The number of rotatable bonds is 25. The molecular weight excluding hydrogens is 1640 g/mol. The zero-order chi connectivity index (χ0) is 78.2. The molecule has 114 heavy (non-hydrogen) atoms. The summed E-state index contributed by atoms with van der Waals surface area (Å²) >= 11 is 64.6. The molecule has 0 aliphatic rings. The highest BCUT2D eigenvalue weighted by Gasteiger charge is 2.50. The van der Waals surface area contributed by atoms with Crippen molar-refractivity contribution in [1.29, 1.82) is 0 Å². The maximum absolute atomic E-state index is 8.07. The van der Waals surface area contributed by atoms with Gasteiger partial charge in [0, 0.05) is 11.8 Å². The Morgan fingerprint density at radius 1 is 0.149 bits per heavy atom. The lowest BCUT2D eigenvalue weighted by atomic mass is 9.73. The summed E-state index contributed by atoms with van der Waals surface area (Å²) in [5, 5.41) is 13.4. The van der Waals surface area contributed by atoms with Crippen molar-refractivity contribution in [3.63, 3.8) is 0 Å². The third kappa shape index (κ3) is 15.1. The lowest BCUT2D eigenvalue weighted by Gasteiger charge is -2.36. The van der Waals surface area contributed by atoms with Gasteiger partial charge in [-0.2, -0.15) is 0 Å². The molecule has 0 fully saturated rings. The molecule has 558 valence electrons. The van der Waals surface area contributed by atoms with Gasteiger partial charge in [0.1, 0.15) is 23.0 Å². The molecule has 4 nitrogen and oxygen atoms in total. The third-order valence-electron chi connectivity index (χ3n) is 21.0. The molecule has 0 spiro atoms. The van der Waals surface area contributed by atoms with Gasteiger partial charge in [-0.05, 0) is 133 Å². The highest BCUT2D eigenvalue weighted by atomic mass is 35.5. The molecule has 0 N–H and O–H groups in total. The van der Waals surface area contributed by atoms with Crippen molar-refractivity contribution in [3.05, 3.63) is 475 Å². The van der Waals surface area contributed by atoms with Crippen molar-refractivity contribution in [1.82, 2.24) is 0 Å². The Hall–Kier alpha value is -10.1. The average Bonchev–Trinajstić information content (AvgIpc) is 0.763. The van der Waals surface area contributed by atoms with Crippen LogP contribution in [0, 0.1) is 0 Å². The molecule has 0 saturated heterocycles. The molecule has 0 amide bonds. The Labute approximate surface area is 709 Å². The van der Waals surface area contributed by atoms with Crippen LogP contribution in [0.2, 0.25) is 40.2 Å². The van der Waals surface area contributed by atoms with Gasteiger partial charge in [-0.3, -0.25) is 0 Å². The summed E-state index contributed by atoms with van der Waals surface area (Å²) in [6.45, 7) is 0. The number of hydrogen-bond donors (Lipinski definition) is 0. The van der Waals surface area contributed by atoms with E-state index in [9.17, 15) is 0 Å². The van der Waals surface area contributed by atoms with Gasteiger partial charge in [0.25, 0.3) is 0 Å². The molecule has 0 aromatic heterocycles. The fourth-order valence-corrected chi connectivity index (χ4v) is 34.3. The molecule has 0 bridgehead atoms. The molecular formula is C98H70Cl8O4Si4. The van der Waals surface area contributed by atoms with E-state index in [2.05, 4.69) is 146 Å². The zero-order valence-corrected chi connectivity index (χ0v) is 71.1. The Morgan fingerprint density at radius 2 is 0.246 bits per heavy atom. The molecule has 16 aromatic rings. The predicted molar refractivity (Wildman–Crippen MR) is 488 cm³/mol. The summed E-state index contributed by atoms with van der Waals surface area (Å²) in [5.74, 6) is -0.725. The van der Waals surface area contributed by atoms with Crippen LogP contribution in [0.3, 0.4) is 0 Å². The van der Waals surface area contributed by atoms with Crippen molar-refractivity contribution >= 4 is 188 Å². The van der Waals surface area contributed by atoms with Crippen LogP contribution in [-0.4, -0.2) is 33.3 Å². The number of hydrogen-bond acceptors (Lipinski definition) is 4. The lowest BCUT2D eigenvalue weighted by Crippen LogP contribution is -2.71. The SMILES string of the molecule is Clc1cc(C(c2cc(Cl)c(O[Si](c3ccccc3)(c3ccccc3)c3ccccc3)c(Cl)c2)C(c2cc(Cl)c(O[Si](c3ccccc3)(c3ccccc3)c3ccccc3)c(Cl)c2)c2cc(Cl)c(O[Si](c3ccccc3)(c3ccccc3)c3ccccc3)c(Cl)c2)cc(Cl)c1O[Si](c1ccccc1)(c1ccccc1)c1ccccc1. The van der Waals surface area contributed by atoms with E-state index in [4.69, 9.17) is 111 Å². The molecule has 0 aliphatic heterocycles. The summed E-state index contributed by atoms with van der Waals surface area (Å²) in [6, 6.07) is 139. The maximum Gasteiger partial charge on any atom is 0.347 e. The summed E-state index contributed by atoms with van der Waals surface area (Å²) < 4.78 is 31.2. The first-order valence-corrected chi connectivity index (χ1v) is 47.8. The second kappa shape index (κ2) is 34.5. The lowest BCUT2D eigenvalue weighted by molar-refractivity contribution is 0.572. The van der Waals surface area contributed by atoms with Crippen LogP contribution in [0.1, 0.15) is 34.1 Å². The first-order chi connectivity index (χ1) is 55.8. The minimum atomic E-state index is -3.57. The highest BCUT2D eigenvalue weighted by Crippen LogP contribution is 2.53. The molecule has 0 saturated carbocycles. The maximum atomic E-state index is 8.07. The minimum absolute atomic E-state index is 0.218. The van der Waals surface area contributed by atoms with Gasteiger partial charge in [0.2, 0.25) is 0 Å². The Balaban J connectivity index is 0.954. The monoisotopic (exact) mass is 1700 g/mol. The quantitative estimate of drug-likeness (QED) is 0.0422. The standard InChI is InChI=1S/C98H70Cl8O4Si4/c99-85-61-69(62-86(100)95(85)107-111(73-37-13-1-14-38-73,74-39-15-2-16-40-74)75-41-17-3-18-42-75)93(70-63-87(101)96(88(102)64-70)108-112(76-43-19-4-20-44-76,77-45-21-5-22-46-77)78-47-23-6-24-48-78)94(71-65-89(103)97(90(104)66-71)109-113(79-49-25-7-26-50-79,80-51-27-8-28-52-80)81-53-29-9-30-54-81)72-67-91(105)98(92(106)68-72)110-114(82-55-31-10-32-56-82,83-57-33-11-34-58-83)84-59-35-12-36-60-84/h1-68,93-94H. The van der Waals surface area contributed by atoms with Crippen LogP contribution >= 0.6 is 92.8 Å². The van der Waals surface area contributed by atoms with Gasteiger partial charge in [-0.25, -0.2) is 0 Å². The molecule has 0 heterocycles. The van der Waals surface area contributed by atoms with E-state index in [1.54, 1.807) is 0 Å². The van der Waals surface area contributed by atoms with Crippen molar-refractivity contribution in [2.75, 3.05) is 0 Å². The van der Waals surface area contributed by atoms with E-state index in [0.717, 1.165) is 62.2 Å². The van der Waals surface area contributed by atoms with Gasteiger partial charge in [0.15, 0.2) is 0 Å². The van der Waals surface area contributed by atoms with Gasteiger partial charge in [-0.1, -0.05) is 457 Å². The highest BCUT2D eigenvalue weighted by molar-refractivity contribution is 7.09. The molecule has 16 heteroatoms. The Morgan fingerprint density at radius 3 is 0.342 bits per heavy atom. The smallest absolute Gasteiger partial charge is 0.347 e. The van der Waals surface area contributed by atoms with E-state index in [-0.39, 0.29) is 63.2 Å². The molecule has 0 atom stereocenters. The van der Waals surface area contributed by atoms with Crippen LogP contribution in [0.25, 0.3) is 0 Å². The fraction of sp³-hybridized carbons (Fsp3) is 0.0204. The average molecular weight is 1710 g/mol. The third-order valence-corrected chi connectivity index (χ3v) is 39.1. The predicted octanol–water partition coefficient (Wildman–Crippen LogP) is 20.1. The Kier molecular flexibility index (Phi) is 23.6. The normalized spacial score (nSPS) is 11.8. The van der Waals surface area contributed by atoms with Crippen LogP contribution in [0.4, 0.5) is 0 Å². The fourth-order valence-electron chi connectivity index (χ4n) is 16.0. The second-order valence-electron chi connectivity index (χ2n) is 27.7. The van der Waals surface area contributed by atoms with Crippen molar-refractivity contribution < 1.29 is 17.7 Å². The van der Waals surface area contributed by atoms with E-state index >= 15 is 0 Å². The molecule has 16 aromatic carbocycles. The molecule has 0 unspecified atom stereocenters. The first kappa shape index (κ1) is 77.8. The number of halogens is 8. The summed E-state index contributed by atoms with van der Waals surface area (Å²) in [6.07, 6.45) is 0. The second-order valence-corrected chi connectivity index (χ2v) is 44.2. The van der Waals surface area contributed by atoms with Gasteiger partial charge in [-0.15, -0.1) is 0 Å². The molecule has 16 rings (SSSR count). The first-order valence-electron chi connectivity index (χ1n) is 37.2. The van der Waals surface area contributed by atoms with E-state index in [1.807, 2.05) is 267 Å². The zero-order valence-electron chi connectivity index (χ0n) is 61.1. The summed E-state index contributed by atoms with van der Waals surface area (Å²) in [5.41, 5.74) is 2.40. The molecule has 0 aliphatic carbocycles.